The summed E-state index contributed by atoms with van der Waals surface area (Å²) in [7, 11) is 0. The van der Waals surface area contributed by atoms with E-state index in [1.165, 1.54) is 5.56 Å². The average Bonchev–Trinajstić information content (AvgIpc) is 2.87. The van der Waals surface area contributed by atoms with Crippen LogP contribution in [0.15, 0.2) is 47.1 Å². The molecule has 96 valence electrons. The quantitative estimate of drug-likeness (QED) is 0.849. The van der Waals surface area contributed by atoms with Crippen molar-refractivity contribution >= 4 is 0 Å². The molecule has 2 N–H and O–H groups in total. The van der Waals surface area contributed by atoms with Gasteiger partial charge < -0.3 is 10.2 Å². The highest BCUT2D eigenvalue weighted by Gasteiger charge is 2.08. The van der Waals surface area contributed by atoms with Crippen molar-refractivity contribution in [3.05, 3.63) is 59.5 Å². The summed E-state index contributed by atoms with van der Waals surface area (Å²) in [6, 6.07) is 12.5. The highest BCUT2D eigenvalue weighted by molar-refractivity contribution is 5.15. The fourth-order valence-electron chi connectivity index (χ4n) is 1.96. The maximum Gasteiger partial charge on any atom is 0.118 e. The lowest BCUT2D eigenvalue weighted by Gasteiger charge is -2.19. The minimum absolute atomic E-state index is 0.536. The van der Waals surface area contributed by atoms with Crippen molar-refractivity contribution in [2.75, 3.05) is 6.54 Å². The van der Waals surface area contributed by atoms with Crippen molar-refractivity contribution in [2.24, 2.45) is 5.73 Å². The fraction of sp³-hybridized carbons (Fsp3) is 0.333. The first kappa shape index (κ1) is 12.9. The summed E-state index contributed by atoms with van der Waals surface area (Å²) in [5.74, 6) is 0.980. The number of furan rings is 1. The van der Waals surface area contributed by atoms with Crippen molar-refractivity contribution in [3.63, 3.8) is 0 Å². The van der Waals surface area contributed by atoms with Crippen LogP contribution in [-0.2, 0) is 19.6 Å². The van der Waals surface area contributed by atoms with E-state index in [1.54, 1.807) is 6.26 Å². The molecule has 0 fully saturated rings. The van der Waals surface area contributed by atoms with Gasteiger partial charge in [-0.2, -0.15) is 0 Å². The smallest absolute Gasteiger partial charge is 0.118 e. The van der Waals surface area contributed by atoms with Gasteiger partial charge >= 0.3 is 0 Å². The first-order valence-corrected chi connectivity index (χ1v) is 6.34. The van der Waals surface area contributed by atoms with Crippen molar-refractivity contribution in [1.29, 1.82) is 0 Å². The van der Waals surface area contributed by atoms with E-state index in [0.29, 0.717) is 6.54 Å². The van der Waals surface area contributed by atoms with Crippen LogP contribution in [0.5, 0.6) is 0 Å². The molecule has 1 aromatic carbocycles. The SMILES string of the molecule is CCN(Cc1ccccc1)Cc1cc(CN)co1. The first-order valence-electron chi connectivity index (χ1n) is 6.34. The van der Waals surface area contributed by atoms with E-state index in [1.807, 2.05) is 12.1 Å². The molecule has 3 nitrogen and oxygen atoms in total. The summed E-state index contributed by atoms with van der Waals surface area (Å²) in [6.07, 6.45) is 1.74. The van der Waals surface area contributed by atoms with Crippen LogP contribution in [0.25, 0.3) is 0 Å². The van der Waals surface area contributed by atoms with Gasteiger partial charge in [0.05, 0.1) is 12.8 Å². The molecule has 0 aliphatic heterocycles. The molecule has 0 bridgehead atoms. The van der Waals surface area contributed by atoms with Gasteiger partial charge in [0.1, 0.15) is 5.76 Å². The molecule has 0 saturated carbocycles. The van der Waals surface area contributed by atoms with Crippen molar-refractivity contribution < 1.29 is 4.42 Å². The molecule has 0 unspecified atom stereocenters. The molecule has 18 heavy (non-hydrogen) atoms. The molecular weight excluding hydrogens is 224 g/mol. The Balaban J connectivity index is 1.97. The third kappa shape index (κ3) is 3.45. The second kappa shape index (κ2) is 6.38. The lowest BCUT2D eigenvalue weighted by atomic mass is 10.2. The van der Waals surface area contributed by atoms with Gasteiger partial charge in [-0.1, -0.05) is 37.3 Å². The van der Waals surface area contributed by atoms with Gasteiger partial charge in [-0.05, 0) is 18.2 Å². The van der Waals surface area contributed by atoms with Crippen LogP contribution in [0.4, 0.5) is 0 Å². The lowest BCUT2D eigenvalue weighted by molar-refractivity contribution is 0.248. The van der Waals surface area contributed by atoms with Gasteiger partial charge in [0, 0.05) is 18.7 Å². The van der Waals surface area contributed by atoms with Crippen LogP contribution in [-0.4, -0.2) is 11.4 Å². The molecule has 0 atom stereocenters. The predicted octanol–water partition coefficient (Wildman–Crippen LogP) is 2.76. The molecule has 0 amide bonds. The highest BCUT2D eigenvalue weighted by atomic mass is 16.3. The van der Waals surface area contributed by atoms with E-state index in [0.717, 1.165) is 31.0 Å². The van der Waals surface area contributed by atoms with Crippen LogP contribution in [0.1, 0.15) is 23.8 Å². The van der Waals surface area contributed by atoms with Crippen molar-refractivity contribution in [3.8, 4) is 0 Å². The molecule has 0 spiro atoms. The number of hydrogen-bond acceptors (Lipinski definition) is 3. The van der Waals surface area contributed by atoms with E-state index in [9.17, 15) is 0 Å². The van der Waals surface area contributed by atoms with Crippen LogP contribution < -0.4 is 5.73 Å². The number of nitrogens with two attached hydrogens (primary N) is 1. The Hall–Kier alpha value is -1.58. The Bertz CT molecular complexity index is 464. The second-order valence-electron chi connectivity index (χ2n) is 4.41. The third-order valence-corrected chi connectivity index (χ3v) is 3.02. The number of nitrogens with zero attached hydrogens (tertiary/aromatic N) is 1. The Labute approximate surface area is 108 Å². The van der Waals surface area contributed by atoms with Gasteiger partial charge in [0.2, 0.25) is 0 Å². The minimum atomic E-state index is 0.536. The molecular formula is C15H20N2O. The zero-order chi connectivity index (χ0) is 12.8. The summed E-state index contributed by atoms with van der Waals surface area (Å²) in [4.78, 5) is 2.34. The maximum atomic E-state index is 5.58. The van der Waals surface area contributed by atoms with E-state index in [4.69, 9.17) is 10.2 Å². The Morgan fingerprint density at radius 3 is 2.50 bits per heavy atom. The largest absolute Gasteiger partial charge is 0.468 e. The molecule has 3 heteroatoms. The summed E-state index contributed by atoms with van der Waals surface area (Å²) in [6.45, 7) is 5.46. The zero-order valence-electron chi connectivity index (χ0n) is 10.8. The number of rotatable bonds is 6. The minimum Gasteiger partial charge on any atom is -0.468 e. The van der Waals surface area contributed by atoms with Gasteiger partial charge in [-0.3, -0.25) is 4.90 Å². The van der Waals surface area contributed by atoms with Gasteiger partial charge in [0.15, 0.2) is 0 Å². The summed E-state index contributed by atoms with van der Waals surface area (Å²) < 4.78 is 5.50. The van der Waals surface area contributed by atoms with Gasteiger partial charge in [-0.25, -0.2) is 0 Å². The van der Waals surface area contributed by atoms with Crippen LogP contribution >= 0.6 is 0 Å². The van der Waals surface area contributed by atoms with E-state index in [2.05, 4.69) is 36.1 Å². The van der Waals surface area contributed by atoms with Crippen LogP contribution in [0.2, 0.25) is 0 Å². The van der Waals surface area contributed by atoms with E-state index < -0.39 is 0 Å². The Morgan fingerprint density at radius 1 is 1.11 bits per heavy atom. The summed E-state index contributed by atoms with van der Waals surface area (Å²) >= 11 is 0. The van der Waals surface area contributed by atoms with Gasteiger partial charge in [0.25, 0.3) is 0 Å². The van der Waals surface area contributed by atoms with Gasteiger partial charge in [-0.15, -0.1) is 0 Å². The molecule has 2 aromatic rings. The fourth-order valence-corrected chi connectivity index (χ4v) is 1.96. The van der Waals surface area contributed by atoms with Crippen molar-refractivity contribution in [1.82, 2.24) is 4.90 Å². The second-order valence-corrected chi connectivity index (χ2v) is 4.41. The molecule has 0 aliphatic rings. The molecule has 1 heterocycles. The van der Waals surface area contributed by atoms with Crippen molar-refractivity contribution in [2.45, 2.75) is 26.6 Å². The summed E-state index contributed by atoms with van der Waals surface area (Å²) in [5, 5.41) is 0. The zero-order valence-corrected chi connectivity index (χ0v) is 10.8. The van der Waals surface area contributed by atoms with Crippen LogP contribution in [0, 0.1) is 0 Å². The lowest BCUT2D eigenvalue weighted by Crippen LogP contribution is -2.21. The molecule has 2 rings (SSSR count). The Kier molecular flexibility index (Phi) is 4.56. The summed E-state index contributed by atoms with van der Waals surface area (Å²) in [5.41, 5.74) is 7.96. The molecule has 0 saturated heterocycles. The number of hydrogen-bond donors (Lipinski definition) is 1. The number of benzene rings is 1. The van der Waals surface area contributed by atoms with Crippen LogP contribution in [0.3, 0.4) is 0 Å². The first-order chi connectivity index (χ1) is 8.81. The molecule has 1 aromatic heterocycles. The predicted molar refractivity (Wildman–Crippen MR) is 72.8 cm³/mol. The topological polar surface area (TPSA) is 42.4 Å². The Morgan fingerprint density at radius 2 is 1.89 bits per heavy atom. The molecule has 0 aliphatic carbocycles. The normalized spacial score (nSPS) is 11.1. The van der Waals surface area contributed by atoms with E-state index >= 15 is 0 Å². The van der Waals surface area contributed by atoms with E-state index in [-0.39, 0.29) is 0 Å². The molecule has 0 radical (unpaired) electrons. The monoisotopic (exact) mass is 244 g/mol. The standard InChI is InChI=1S/C15H20N2O/c1-2-17(10-13-6-4-3-5-7-13)11-15-8-14(9-16)12-18-15/h3-8,12H,2,9-11,16H2,1H3. The maximum absolute atomic E-state index is 5.58. The average molecular weight is 244 g/mol. The highest BCUT2D eigenvalue weighted by Crippen LogP contribution is 2.12. The third-order valence-electron chi connectivity index (χ3n) is 3.02.